The number of nitrogens with one attached hydrogen (secondary N) is 3. The second kappa shape index (κ2) is 8.57. The molecule has 32 heavy (non-hydrogen) atoms. The van der Waals surface area contributed by atoms with E-state index in [0.29, 0.717) is 30.7 Å². The van der Waals surface area contributed by atoms with Gasteiger partial charge in [0.25, 0.3) is 0 Å². The van der Waals surface area contributed by atoms with E-state index in [9.17, 15) is 8.42 Å². The molecule has 5 rings (SSSR count). The lowest BCUT2D eigenvalue weighted by Crippen LogP contribution is -2.40. The van der Waals surface area contributed by atoms with Crippen molar-refractivity contribution >= 4 is 44.1 Å². The lowest BCUT2D eigenvalue weighted by atomic mass is 9.95. The van der Waals surface area contributed by atoms with E-state index in [4.69, 9.17) is 4.98 Å². The molecule has 1 aliphatic heterocycles. The first-order valence-electron chi connectivity index (χ1n) is 11.3. The fourth-order valence-electron chi connectivity index (χ4n) is 4.51. The number of anilines is 4. The van der Waals surface area contributed by atoms with Crippen LogP contribution in [0.25, 0.3) is 11.2 Å². The number of H-pyrrole nitrogens is 1. The number of rotatable bonds is 5. The molecule has 0 bridgehead atoms. The third kappa shape index (κ3) is 4.50. The Balaban J connectivity index is 1.36. The molecule has 3 aromatic rings. The Kier molecular flexibility index (Phi) is 5.62. The van der Waals surface area contributed by atoms with Gasteiger partial charge in [-0.1, -0.05) is 19.3 Å². The minimum atomic E-state index is -2.90. The maximum absolute atomic E-state index is 11.7. The summed E-state index contributed by atoms with van der Waals surface area (Å²) in [6, 6.07) is 6.52. The van der Waals surface area contributed by atoms with Crippen molar-refractivity contribution in [2.75, 3.05) is 40.1 Å². The highest BCUT2D eigenvalue weighted by Crippen LogP contribution is 2.28. The van der Waals surface area contributed by atoms with Gasteiger partial charge in [-0.3, -0.25) is 0 Å². The maximum Gasteiger partial charge on any atom is 0.231 e. The first-order chi connectivity index (χ1) is 15.5. The van der Waals surface area contributed by atoms with Gasteiger partial charge in [0, 0.05) is 30.5 Å². The molecule has 1 aromatic carbocycles. The lowest BCUT2D eigenvalue weighted by molar-refractivity contribution is 0.462. The fraction of sp³-hybridized carbons (Fsp3) is 0.500. The van der Waals surface area contributed by atoms with Gasteiger partial charge in [-0.25, -0.2) is 13.4 Å². The van der Waals surface area contributed by atoms with E-state index in [0.717, 1.165) is 41.1 Å². The molecule has 0 unspecified atom stereocenters. The molecule has 170 valence electrons. The Bertz CT molecular complexity index is 1200. The Morgan fingerprint density at radius 2 is 1.88 bits per heavy atom. The zero-order chi connectivity index (χ0) is 22.1. The molecule has 0 spiro atoms. The molecule has 2 aromatic heterocycles. The molecular weight excluding hydrogens is 426 g/mol. The number of nitrogens with zero attached hydrogens (tertiary/aromatic N) is 4. The van der Waals surface area contributed by atoms with Gasteiger partial charge in [-0.15, -0.1) is 0 Å². The van der Waals surface area contributed by atoms with Gasteiger partial charge in [0.15, 0.2) is 21.3 Å². The summed E-state index contributed by atoms with van der Waals surface area (Å²) < 4.78 is 23.4. The Morgan fingerprint density at radius 1 is 1.09 bits per heavy atom. The third-order valence-electron chi connectivity index (χ3n) is 6.39. The standard InChI is InChI=1S/C22H29N7O2S/c1-15-13-17(29-9-11-32(30,31)12-10-29)7-8-18(15)26-22-27-20-19(23-14-24-20)21(28-22)25-16-5-3-2-4-6-16/h7-8,13-14,16H,2-6,9-12H2,1H3,(H3,23,24,25,26,27,28). The number of fused-ring (bicyclic) bond motifs is 1. The van der Waals surface area contributed by atoms with Crippen LogP contribution in [0.2, 0.25) is 0 Å². The van der Waals surface area contributed by atoms with Crippen molar-refractivity contribution in [2.24, 2.45) is 0 Å². The van der Waals surface area contributed by atoms with Crippen LogP contribution >= 0.6 is 0 Å². The quantitative estimate of drug-likeness (QED) is 0.536. The van der Waals surface area contributed by atoms with Crippen molar-refractivity contribution < 1.29 is 8.42 Å². The van der Waals surface area contributed by atoms with Gasteiger partial charge >= 0.3 is 0 Å². The number of sulfone groups is 1. The lowest BCUT2D eigenvalue weighted by Gasteiger charge is -2.29. The van der Waals surface area contributed by atoms with Crippen LogP contribution in [-0.4, -0.2) is 59.0 Å². The Labute approximate surface area is 188 Å². The van der Waals surface area contributed by atoms with Crippen molar-refractivity contribution in [3.8, 4) is 0 Å². The average Bonchev–Trinajstić information content (AvgIpc) is 3.25. The van der Waals surface area contributed by atoms with Gasteiger partial charge in [0.1, 0.15) is 5.52 Å². The second-order valence-corrected chi connectivity index (χ2v) is 11.0. The largest absolute Gasteiger partial charge is 0.369 e. The van der Waals surface area contributed by atoms with E-state index in [-0.39, 0.29) is 11.5 Å². The zero-order valence-corrected chi connectivity index (χ0v) is 19.1. The van der Waals surface area contributed by atoms with E-state index in [1.165, 1.54) is 19.3 Å². The van der Waals surface area contributed by atoms with E-state index >= 15 is 0 Å². The summed E-state index contributed by atoms with van der Waals surface area (Å²) in [5.74, 6) is 1.69. The highest BCUT2D eigenvalue weighted by molar-refractivity contribution is 7.91. The number of aryl methyl sites for hydroxylation is 1. The normalized spacial score (nSPS) is 19.2. The van der Waals surface area contributed by atoms with Gasteiger partial charge in [0.05, 0.1) is 17.8 Å². The summed E-state index contributed by atoms with van der Waals surface area (Å²) in [7, 11) is -2.90. The third-order valence-corrected chi connectivity index (χ3v) is 8.00. The monoisotopic (exact) mass is 455 g/mol. The Hall–Kier alpha value is -2.88. The number of hydrogen-bond donors (Lipinski definition) is 3. The molecule has 1 aliphatic carbocycles. The predicted molar refractivity (Wildman–Crippen MR) is 128 cm³/mol. The van der Waals surface area contributed by atoms with Crippen LogP contribution in [0.15, 0.2) is 24.5 Å². The van der Waals surface area contributed by atoms with Gasteiger partial charge in [-0.2, -0.15) is 9.97 Å². The average molecular weight is 456 g/mol. The molecule has 1 saturated carbocycles. The zero-order valence-electron chi connectivity index (χ0n) is 18.3. The van der Waals surface area contributed by atoms with E-state index in [1.807, 2.05) is 19.1 Å². The first kappa shape index (κ1) is 21.0. The van der Waals surface area contributed by atoms with Gasteiger partial charge in [-0.05, 0) is 43.5 Å². The molecule has 0 atom stereocenters. The first-order valence-corrected chi connectivity index (χ1v) is 13.1. The molecular formula is C22H29N7O2S. The summed E-state index contributed by atoms with van der Waals surface area (Å²) >= 11 is 0. The van der Waals surface area contributed by atoms with Crippen LogP contribution in [-0.2, 0) is 9.84 Å². The van der Waals surface area contributed by atoms with E-state index in [2.05, 4.69) is 36.6 Å². The van der Waals surface area contributed by atoms with Crippen molar-refractivity contribution in [2.45, 2.75) is 45.1 Å². The molecule has 3 heterocycles. The SMILES string of the molecule is Cc1cc(N2CCS(=O)(=O)CC2)ccc1Nc1nc(NC2CCCCC2)c2nc[nH]c2n1. The highest BCUT2D eigenvalue weighted by Gasteiger charge is 2.22. The number of imidazole rings is 1. The van der Waals surface area contributed by atoms with Crippen LogP contribution in [0.4, 0.5) is 23.1 Å². The summed E-state index contributed by atoms with van der Waals surface area (Å²) in [6.07, 6.45) is 7.73. The number of hydrogen-bond acceptors (Lipinski definition) is 8. The molecule has 2 aliphatic rings. The molecule has 0 radical (unpaired) electrons. The molecule has 9 nitrogen and oxygen atoms in total. The minimum Gasteiger partial charge on any atom is -0.369 e. The van der Waals surface area contributed by atoms with Crippen LogP contribution in [0, 0.1) is 6.92 Å². The van der Waals surface area contributed by atoms with E-state index < -0.39 is 9.84 Å². The van der Waals surface area contributed by atoms with Crippen molar-refractivity contribution in [3.63, 3.8) is 0 Å². The predicted octanol–water partition coefficient (Wildman–Crippen LogP) is 3.38. The van der Waals surface area contributed by atoms with Crippen molar-refractivity contribution in [1.29, 1.82) is 0 Å². The Morgan fingerprint density at radius 3 is 2.62 bits per heavy atom. The molecule has 3 N–H and O–H groups in total. The fourth-order valence-corrected chi connectivity index (χ4v) is 5.71. The van der Waals surface area contributed by atoms with Crippen LogP contribution in [0.5, 0.6) is 0 Å². The summed E-state index contributed by atoms with van der Waals surface area (Å²) in [6.45, 7) is 3.09. The van der Waals surface area contributed by atoms with Crippen LogP contribution < -0.4 is 15.5 Å². The van der Waals surface area contributed by atoms with Crippen molar-refractivity contribution in [3.05, 3.63) is 30.1 Å². The van der Waals surface area contributed by atoms with Gasteiger partial charge < -0.3 is 20.5 Å². The van der Waals surface area contributed by atoms with Gasteiger partial charge in [0.2, 0.25) is 5.95 Å². The summed E-state index contributed by atoms with van der Waals surface area (Å²) in [5, 5.41) is 6.93. The number of benzene rings is 1. The summed E-state index contributed by atoms with van der Waals surface area (Å²) in [5.41, 5.74) is 4.46. The molecule has 0 amide bonds. The van der Waals surface area contributed by atoms with Crippen LogP contribution in [0.3, 0.4) is 0 Å². The highest BCUT2D eigenvalue weighted by atomic mass is 32.2. The molecule has 1 saturated heterocycles. The molecule has 10 heteroatoms. The summed E-state index contributed by atoms with van der Waals surface area (Å²) in [4.78, 5) is 19.0. The second-order valence-electron chi connectivity index (χ2n) is 8.74. The maximum atomic E-state index is 11.7. The minimum absolute atomic E-state index is 0.209. The molecule has 2 fully saturated rings. The van der Waals surface area contributed by atoms with E-state index in [1.54, 1.807) is 6.33 Å². The number of aromatic amines is 1. The number of aromatic nitrogens is 4. The topological polar surface area (TPSA) is 116 Å². The van der Waals surface area contributed by atoms with Crippen molar-refractivity contribution in [1.82, 2.24) is 19.9 Å². The smallest absolute Gasteiger partial charge is 0.231 e. The van der Waals surface area contributed by atoms with Crippen LogP contribution in [0.1, 0.15) is 37.7 Å².